The van der Waals surface area contributed by atoms with Crippen LogP contribution < -0.4 is 0 Å². The largest absolute Gasteiger partial charge is 0.343 e. The zero-order chi connectivity index (χ0) is 15.2. The monoisotopic (exact) mass is 288 g/mol. The van der Waals surface area contributed by atoms with E-state index in [1.54, 1.807) is 11.0 Å². The number of rotatable bonds is 4. The van der Waals surface area contributed by atoms with E-state index in [9.17, 15) is 14.0 Å². The van der Waals surface area contributed by atoms with E-state index < -0.39 is 5.82 Å². The topological polar surface area (TPSA) is 61.2 Å². The Labute approximate surface area is 123 Å². The summed E-state index contributed by atoms with van der Waals surface area (Å²) >= 11 is 0. The van der Waals surface area contributed by atoms with Crippen LogP contribution in [0.5, 0.6) is 0 Å². The maximum absolute atomic E-state index is 13.5. The summed E-state index contributed by atoms with van der Waals surface area (Å²) in [6.45, 7) is 1.12. The SMILES string of the molecule is N#CC1CCN(C(=O)CCC(=O)c2ccccc2F)CC1. The second kappa shape index (κ2) is 6.98. The van der Waals surface area contributed by atoms with Crippen molar-refractivity contribution in [2.45, 2.75) is 25.7 Å². The van der Waals surface area contributed by atoms with Crippen molar-refractivity contribution in [1.82, 2.24) is 4.90 Å². The predicted octanol–water partition coefficient (Wildman–Crippen LogP) is 2.55. The molecule has 1 fully saturated rings. The number of halogens is 1. The zero-order valence-electron chi connectivity index (χ0n) is 11.7. The van der Waals surface area contributed by atoms with Gasteiger partial charge in [0.1, 0.15) is 5.82 Å². The lowest BCUT2D eigenvalue weighted by Gasteiger charge is -2.29. The molecule has 4 nitrogen and oxygen atoms in total. The molecule has 1 aromatic carbocycles. The van der Waals surface area contributed by atoms with Crippen LogP contribution in [0.3, 0.4) is 0 Å². The van der Waals surface area contributed by atoms with E-state index in [1.807, 2.05) is 0 Å². The van der Waals surface area contributed by atoms with E-state index >= 15 is 0 Å². The second-order valence-corrected chi connectivity index (χ2v) is 5.19. The number of amides is 1. The maximum atomic E-state index is 13.5. The molecular formula is C16H17FN2O2. The molecule has 1 heterocycles. The Kier molecular flexibility index (Phi) is 5.04. The summed E-state index contributed by atoms with van der Waals surface area (Å²) in [7, 11) is 0. The van der Waals surface area contributed by atoms with Crippen LogP contribution >= 0.6 is 0 Å². The van der Waals surface area contributed by atoms with Gasteiger partial charge in [0.05, 0.1) is 11.6 Å². The van der Waals surface area contributed by atoms with Gasteiger partial charge in [-0.15, -0.1) is 0 Å². The predicted molar refractivity (Wildman–Crippen MR) is 74.9 cm³/mol. The van der Waals surface area contributed by atoms with Gasteiger partial charge in [-0.05, 0) is 25.0 Å². The van der Waals surface area contributed by atoms with Gasteiger partial charge in [0.2, 0.25) is 5.91 Å². The molecule has 2 rings (SSSR count). The van der Waals surface area contributed by atoms with Gasteiger partial charge in [-0.2, -0.15) is 5.26 Å². The summed E-state index contributed by atoms with van der Waals surface area (Å²) in [4.78, 5) is 25.6. The van der Waals surface area contributed by atoms with Gasteiger partial charge in [0, 0.05) is 31.8 Å². The van der Waals surface area contributed by atoms with Crippen LogP contribution in [0, 0.1) is 23.1 Å². The van der Waals surface area contributed by atoms with E-state index in [4.69, 9.17) is 5.26 Å². The van der Waals surface area contributed by atoms with Crippen molar-refractivity contribution in [2.75, 3.05) is 13.1 Å². The molecule has 0 radical (unpaired) electrons. The Balaban J connectivity index is 1.83. The molecule has 0 aromatic heterocycles. The number of benzene rings is 1. The van der Waals surface area contributed by atoms with E-state index in [1.165, 1.54) is 18.2 Å². The maximum Gasteiger partial charge on any atom is 0.223 e. The van der Waals surface area contributed by atoms with Gasteiger partial charge < -0.3 is 4.90 Å². The highest BCUT2D eigenvalue weighted by molar-refractivity contribution is 5.98. The van der Waals surface area contributed by atoms with E-state index in [2.05, 4.69) is 6.07 Å². The third-order valence-electron chi connectivity index (χ3n) is 3.77. The lowest BCUT2D eigenvalue weighted by Crippen LogP contribution is -2.38. The molecule has 0 unspecified atom stereocenters. The summed E-state index contributed by atoms with van der Waals surface area (Å²) < 4.78 is 13.5. The highest BCUT2D eigenvalue weighted by Gasteiger charge is 2.23. The van der Waals surface area contributed by atoms with Gasteiger partial charge in [0.15, 0.2) is 5.78 Å². The number of ketones is 1. The van der Waals surface area contributed by atoms with Crippen LogP contribution in [-0.2, 0) is 4.79 Å². The van der Waals surface area contributed by atoms with Gasteiger partial charge in [-0.3, -0.25) is 9.59 Å². The third kappa shape index (κ3) is 3.88. The molecule has 1 saturated heterocycles. The molecule has 0 spiro atoms. The molecule has 0 atom stereocenters. The molecule has 1 aromatic rings. The molecule has 0 bridgehead atoms. The molecule has 110 valence electrons. The second-order valence-electron chi connectivity index (χ2n) is 5.19. The Morgan fingerprint density at radius 3 is 2.52 bits per heavy atom. The number of likely N-dealkylation sites (tertiary alicyclic amines) is 1. The first-order chi connectivity index (χ1) is 10.1. The average Bonchev–Trinajstić information content (AvgIpc) is 2.52. The normalized spacial score (nSPS) is 15.5. The smallest absolute Gasteiger partial charge is 0.223 e. The number of nitrogens with zero attached hydrogens (tertiary/aromatic N) is 2. The highest BCUT2D eigenvalue weighted by atomic mass is 19.1. The standard InChI is InChI=1S/C16H17FN2O2/c17-14-4-2-1-3-13(14)15(20)5-6-16(21)19-9-7-12(11-18)8-10-19/h1-4,12H,5-10H2. The average molecular weight is 288 g/mol. The van der Waals surface area contributed by atoms with E-state index in [-0.39, 0.29) is 36.0 Å². The van der Waals surface area contributed by atoms with Crippen LogP contribution in [0.2, 0.25) is 0 Å². The minimum Gasteiger partial charge on any atom is -0.343 e. The van der Waals surface area contributed by atoms with Gasteiger partial charge in [-0.1, -0.05) is 12.1 Å². The van der Waals surface area contributed by atoms with E-state index in [0.29, 0.717) is 25.9 Å². The van der Waals surface area contributed by atoms with Gasteiger partial charge in [0.25, 0.3) is 0 Å². The number of carbonyl (C=O) groups excluding carboxylic acids is 2. The van der Waals surface area contributed by atoms with Crippen LogP contribution in [0.4, 0.5) is 4.39 Å². The first-order valence-corrected chi connectivity index (χ1v) is 7.07. The number of hydrogen-bond acceptors (Lipinski definition) is 3. The van der Waals surface area contributed by atoms with Crippen molar-refractivity contribution < 1.29 is 14.0 Å². The number of nitriles is 1. The first kappa shape index (κ1) is 15.2. The van der Waals surface area contributed by atoms with Crippen molar-refractivity contribution in [3.8, 4) is 6.07 Å². The summed E-state index contributed by atoms with van der Waals surface area (Å²) in [6.07, 6.45) is 1.47. The summed E-state index contributed by atoms with van der Waals surface area (Å²) in [5, 5.41) is 8.81. The minimum absolute atomic E-state index is 0.0119. The Bertz CT molecular complexity index is 572. The molecule has 0 aliphatic carbocycles. The minimum atomic E-state index is -0.551. The Morgan fingerprint density at radius 1 is 1.24 bits per heavy atom. The summed E-state index contributed by atoms with van der Waals surface area (Å²) in [5.74, 6) is -0.983. The molecule has 1 amide bonds. The molecule has 1 aliphatic rings. The number of Topliss-reactive ketones (excluding diaryl/α,β-unsaturated/α-hetero) is 1. The number of carbonyl (C=O) groups is 2. The van der Waals surface area contributed by atoms with Gasteiger partial charge >= 0.3 is 0 Å². The van der Waals surface area contributed by atoms with Crippen LogP contribution in [0.15, 0.2) is 24.3 Å². The molecular weight excluding hydrogens is 271 g/mol. The Morgan fingerprint density at radius 2 is 1.90 bits per heavy atom. The molecule has 1 aliphatic heterocycles. The lowest BCUT2D eigenvalue weighted by molar-refractivity contribution is -0.132. The summed E-state index contributed by atoms with van der Waals surface area (Å²) in [6, 6.07) is 8.00. The van der Waals surface area contributed by atoms with Crippen molar-refractivity contribution in [2.24, 2.45) is 5.92 Å². The molecule has 5 heteroatoms. The molecule has 21 heavy (non-hydrogen) atoms. The molecule has 0 N–H and O–H groups in total. The van der Waals surface area contributed by atoms with Gasteiger partial charge in [-0.25, -0.2) is 4.39 Å². The fourth-order valence-corrected chi connectivity index (χ4v) is 2.46. The first-order valence-electron chi connectivity index (χ1n) is 7.07. The van der Waals surface area contributed by atoms with Crippen molar-refractivity contribution in [3.05, 3.63) is 35.6 Å². The molecule has 0 saturated carbocycles. The summed E-state index contributed by atoms with van der Waals surface area (Å²) in [5.41, 5.74) is 0.0356. The quantitative estimate of drug-likeness (QED) is 0.800. The number of piperidine rings is 1. The zero-order valence-corrected chi connectivity index (χ0v) is 11.7. The Hall–Kier alpha value is -2.22. The fourth-order valence-electron chi connectivity index (χ4n) is 2.46. The van der Waals surface area contributed by atoms with Crippen molar-refractivity contribution >= 4 is 11.7 Å². The highest BCUT2D eigenvalue weighted by Crippen LogP contribution is 2.18. The van der Waals surface area contributed by atoms with Crippen LogP contribution in [0.1, 0.15) is 36.0 Å². The van der Waals surface area contributed by atoms with Crippen LogP contribution in [0.25, 0.3) is 0 Å². The lowest BCUT2D eigenvalue weighted by atomic mass is 9.98. The van der Waals surface area contributed by atoms with Crippen molar-refractivity contribution in [1.29, 1.82) is 5.26 Å². The fraction of sp³-hybridized carbons (Fsp3) is 0.438. The van der Waals surface area contributed by atoms with E-state index in [0.717, 1.165) is 0 Å². The van der Waals surface area contributed by atoms with Crippen molar-refractivity contribution in [3.63, 3.8) is 0 Å². The number of hydrogen-bond donors (Lipinski definition) is 0. The third-order valence-corrected chi connectivity index (χ3v) is 3.77. The van der Waals surface area contributed by atoms with Crippen LogP contribution in [-0.4, -0.2) is 29.7 Å².